The molecule has 1 aromatic carbocycles. The predicted octanol–water partition coefficient (Wildman–Crippen LogP) is 1.98. The van der Waals surface area contributed by atoms with Crippen molar-refractivity contribution in [3.8, 4) is 0 Å². The second-order valence-electron chi connectivity index (χ2n) is 5.08. The molecule has 0 bridgehead atoms. The maximum atomic E-state index is 12.4. The Morgan fingerprint density at radius 1 is 1.35 bits per heavy atom. The van der Waals surface area contributed by atoms with Crippen LogP contribution in [0, 0.1) is 0 Å². The van der Waals surface area contributed by atoms with Crippen molar-refractivity contribution in [1.29, 1.82) is 0 Å². The number of carbonyl (C=O) groups is 1. The fourth-order valence-corrected chi connectivity index (χ4v) is 3.00. The highest BCUT2D eigenvalue weighted by atomic mass is 79.9. The van der Waals surface area contributed by atoms with Crippen molar-refractivity contribution in [1.82, 2.24) is 9.80 Å². The van der Waals surface area contributed by atoms with Crippen LogP contribution in [0.5, 0.6) is 0 Å². The highest BCUT2D eigenvalue weighted by Gasteiger charge is 2.25. The van der Waals surface area contributed by atoms with E-state index >= 15 is 0 Å². The van der Waals surface area contributed by atoms with Crippen LogP contribution in [-0.4, -0.2) is 59.6 Å². The van der Waals surface area contributed by atoms with Gasteiger partial charge in [0, 0.05) is 42.3 Å². The molecular formula is C15H21BrN2O2. The van der Waals surface area contributed by atoms with E-state index in [-0.39, 0.29) is 18.6 Å². The maximum Gasteiger partial charge on any atom is 0.253 e. The average Bonchev–Trinajstić information content (AvgIpc) is 2.48. The molecule has 110 valence electrons. The van der Waals surface area contributed by atoms with Crippen LogP contribution < -0.4 is 0 Å². The first-order chi connectivity index (χ1) is 9.65. The van der Waals surface area contributed by atoms with Gasteiger partial charge in [-0.15, -0.1) is 0 Å². The van der Waals surface area contributed by atoms with Crippen LogP contribution in [-0.2, 0) is 0 Å². The van der Waals surface area contributed by atoms with Crippen LogP contribution in [0.4, 0.5) is 0 Å². The minimum Gasteiger partial charge on any atom is -0.395 e. The number of aliphatic hydroxyl groups excluding tert-OH is 1. The third-order valence-electron chi connectivity index (χ3n) is 3.87. The first-order valence-corrected chi connectivity index (χ1v) is 7.84. The van der Waals surface area contributed by atoms with Crippen molar-refractivity contribution < 1.29 is 9.90 Å². The van der Waals surface area contributed by atoms with Crippen LogP contribution in [0.15, 0.2) is 28.7 Å². The van der Waals surface area contributed by atoms with Gasteiger partial charge in [0.2, 0.25) is 0 Å². The summed E-state index contributed by atoms with van der Waals surface area (Å²) in [6.45, 7) is 5.39. The van der Waals surface area contributed by atoms with Crippen LogP contribution in [0.25, 0.3) is 0 Å². The molecule has 0 spiro atoms. The molecule has 1 saturated heterocycles. The van der Waals surface area contributed by atoms with Gasteiger partial charge in [-0.1, -0.05) is 28.9 Å². The molecule has 1 N–H and O–H groups in total. The van der Waals surface area contributed by atoms with Crippen molar-refractivity contribution in [2.24, 2.45) is 0 Å². The first kappa shape index (κ1) is 15.5. The predicted molar refractivity (Wildman–Crippen MR) is 82.8 cm³/mol. The molecule has 1 amide bonds. The molecule has 1 aliphatic rings. The molecule has 1 fully saturated rings. The van der Waals surface area contributed by atoms with E-state index in [4.69, 9.17) is 0 Å². The number of amides is 1. The van der Waals surface area contributed by atoms with E-state index in [1.807, 2.05) is 29.2 Å². The Kier molecular flexibility index (Phi) is 5.57. The average molecular weight is 341 g/mol. The number of benzene rings is 1. The molecular weight excluding hydrogens is 320 g/mol. The third-order valence-corrected chi connectivity index (χ3v) is 4.36. The summed E-state index contributed by atoms with van der Waals surface area (Å²) in [6.07, 6.45) is 0.941. The molecule has 0 radical (unpaired) electrons. The summed E-state index contributed by atoms with van der Waals surface area (Å²) in [5.74, 6) is 0.0861. The molecule has 1 atom stereocenters. The Morgan fingerprint density at radius 3 is 2.60 bits per heavy atom. The normalized spacial score (nSPS) is 18.1. The fraction of sp³-hybridized carbons (Fsp3) is 0.533. The van der Waals surface area contributed by atoms with Gasteiger partial charge >= 0.3 is 0 Å². The van der Waals surface area contributed by atoms with Gasteiger partial charge < -0.3 is 10.0 Å². The lowest BCUT2D eigenvalue weighted by atomic mass is 10.1. The summed E-state index contributed by atoms with van der Waals surface area (Å²) in [6, 6.07) is 7.73. The summed E-state index contributed by atoms with van der Waals surface area (Å²) in [5.41, 5.74) is 0.724. The molecule has 0 aliphatic carbocycles. The summed E-state index contributed by atoms with van der Waals surface area (Å²) in [5, 5.41) is 9.33. The van der Waals surface area contributed by atoms with E-state index < -0.39 is 0 Å². The van der Waals surface area contributed by atoms with Gasteiger partial charge in [-0.2, -0.15) is 0 Å². The molecule has 0 unspecified atom stereocenters. The van der Waals surface area contributed by atoms with E-state index in [1.165, 1.54) is 0 Å². The Balaban J connectivity index is 1.95. The first-order valence-electron chi connectivity index (χ1n) is 7.05. The van der Waals surface area contributed by atoms with Crippen molar-refractivity contribution in [3.05, 3.63) is 34.3 Å². The summed E-state index contributed by atoms with van der Waals surface area (Å²) >= 11 is 3.40. The lowest BCUT2D eigenvalue weighted by molar-refractivity contribution is 0.0472. The van der Waals surface area contributed by atoms with Gasteiger partial charge in [-0.05, 0) is 24.6 Å². The third kappa shape index (κ3) is 3.59. The lowest BCUT2D eigenvalue weighted by Gasteiger charge is -2.38. The quantitative estimate of drug-likeness (QED) is 0.911. The van der Waals surface area contributed by atoms with Gasteiger partial charge in [0.25, 0.3) is 5.91 Å². The summed E-state index contributed by atoms with van der Waals surface area (Å²) < 4.78 is 0.924. The van der Waals surface area contributed by atoms with Crippen molar-refractivity contribution in [3.63, 3.8) is 0 Å². The van der Waals surface area contributed by atoms with E-state index in [2.05, 4.69) is 27.8 Å². The van der Waals surface area contributed by atoms with Crippen LogP contribution in [0.3, 0.4) is 0 Å². The van der Waals surface area contributed by atoms with Crippen LogP contribution >= 0.6 is 15.9 Å². The Labute approximate surface area is 128 Å². The van der Waals surface area contributed by atoms with Gasteiger partial charge in [-0.25, -0.2) is 0 Å². The van der Waals surface area contributed by atoms with Crippen molar-refractivity contribution >= 4 is 21.8 Å². The molecule has 1 aliphatic heterocycles. The van der Waals surface area contributed by atoms with E-state index in [0.29, 0.717) is 0 Å². The SMILES string of the molecule is CC[C@@H](CO)N1CCN(C(=O)c2cccc(Br)c2)CC1. The topological polar surface area (TPSA) is 43.8 Å². The minimum atomic E-state index is 0.0861. The minimum absolute atomic E-state index is 0.0861. The number of halogens is 1. The summed E-state index contributed by atoms with van der Waals surface area (Å²) in [4.78, 5) is 16.6. The Hall–Kier alpha value is -0.910. The molecule has 2 rings (SSSR count). The zero-order valence-corrected chi connectivity index (χ0v) is 13.3. The van der Waals surface area contributed by atoms with E-state index in [1.54, 1.807) is 0 Å². The van der Waals surface area contributed by atoms with Crippen molar-refractivity contribution in [2.45, 2.75) is 19.4 Å². The molecule has 0 aromatic heterocycles. The van der Waals surface area contributed by atoms with Gasteiger partial charge in [0.1, 0.15) is 0 Å². The lowest BCUT2D eigenvalue weighted by Crippen LogP contribution is -2.52. The summed E-state index contributed by atoms with van der Waals surface area (Å²) in [7, 11) is 0. The van der Waals surface area contributed by atoms with Crippen LogP contribution in [0.1, 0.15) is 23.7 Å². The monoisotopic (exact) mass is 340 g/mol. The molecule has 5 heteroatoms. The number of aliphatic hydroxyl groups is 1. The molecule has 4 nitrogen and oxygen atoms in total. The molecule has 20 heavy (non-hydrogen) atoms. The number of rotatable bonds is 4. The molecule has 1 aromatic rings. The highest BCUT2D eigenvalue weighted by molar-refractivity contribution is 9.10. The van der Waals surface area contributed by atoms with Crippen molar-refractivity contribution in [2.75, 3.05) is 32.8 Å². The Bertz CT molecular complexity index is 455. The van der Waals surface area contributed by atoms with Gasteiger partial charge in [-0.3, -0.25) is 9.69 Å². The second kappa shape index (κ2) is 7.20. The number of hydrogen-bond donors (Lipinski definition) is 1. The molecule has 0 saturated carbocycles. The second-order valence-corrected chi connectivity index (χ2v) is 6.00. The number of hydrogen-bond acceptors (Lipinski definition) is 3. The van der Waals surface area contributed by atoms with E-state index in [0.717, 1.165) is 42.6 Å². The Morgan fingerprint density at radius 2 is 2.05 bits per heavy atom. The fourth-order valence-electron chi connectivity index (χ4n) is 2.60. The smallest absolute Gasteiger partial charge is 0.253 e. The van der Waals surface area contributed by atoms with Crippen LogP contribution in [0.2, 0.25) is 0 Å². The van der Waals surface area contributed by atoms with Gasteiger partial charge in [0.15, 0.2) is 0 Å². The number of nitrogens with zero attached hydrogens (tertiary/aromatic N) is 2. The van der Waals surface area contributed by atoms with Gasteiger partial charge in [0.05, 0.1) is 6.61 Å². The standard InChI is InChI=1S/C15H21BrN2O2/c1-2-14(11-19)17-6-8-18(9-7-17)15(20)12-4-3-5-13(16)10-12/h3-5,10,14,19H,2,6-9,11H2,1H3/t14-/m0/s1. The maximum absolute atomic E-state index is 12.4. The number of piperazine rings is 1. The van der Waals surface area contributed by atoms with E-state index in [9.17, 15) is 9.90 Å². The molecule has 1 heterocycles. The number of carbonyl (C=O) groups excluding carboxylic acids is 1. The zero-order chi connectivity index (χ0) is 14.5. The largest absolute Gasteiger partial charge is 0.395 e. The zero-order valence-electron chi connectivity index (χ0n) is 11.8. The highest BCUT2D eigenvalue weighted by Crippen LogP contribution is 2.15.